The number of ether oxygens (including phenoxy) is 1. The van der Waals surface area contributed by atoms with Crippen LogP contribution in [0.1, 0.15) is 29.7 Å². The molecule has 3 rings (SSSR count). The Morgan fingerprint density at radius 2 is 2.08 bits per heavy atom. The Morgan fingerprint density at radius 3 is 2.79 bits per heavy atom. The molecule has 1 aromatic heterocycles. The first-order valence-electron chi connectivity index (χ1n) is 8.08. The maximum Gasteiger partial charge on any atom is 0.145 e. The number of hydrogen-bond donors (Lipinski definition) is 1. The van der Waals surface area contributed by atoms with Gasteiger partial charge in [0.25, 0.3) is 0 Å². The summed E-state index contributed by atoms with van der Waals surface area (Å²) in [7, 11) is 0. The monoisotopic (exact) mass is 325 g/mol. The Bertz CT molecular complexity index is 763. The highest BCUT2D eigenvalue weighted by Gasteiger charge is 2.34. The van der Waals surface area contributed by atoms with Crippen LogP contribution in [-0.4, -0.2) is 24.7 Å². The quantitative estimate of drug-likeness (QED) is 0.934. The van der Waals surface area contributed by atoms with Crippen LogP contribution in [0, 0.1) is 24.1 Å². The van der Waals surface area contributed by atoms with Crippen LogP contribution in [0.3, 0.4) is 0 Å². The van der Waals surface area contributed by atoms with E-state index in [0.717, 1.165) is 24.0 Å². The zero-order valence-corrected chi connectivity index (χ0v) is 13.7. The highest BCUT2D eigenvalue weighted by Crippen LogP contribution is 2.35. The van der Waals surface area contributed by atoms with Gasteiger partial charge in [-0.05, 0) is 49.1 Å². The van der Waals surface area contributed by atoms with Crippen LogP contribution in [0.15, 0.2) is 36.4 Å². The molecule has 0 aliphatic carbocycles. The number of halogens is 1. The van der Waals surface area contributed by atoms with Crippen molar-refractivity contribution < 1.29 is 9.13 Å². The summed E-state index contributed by atoms with van der Waals surface area (Å²) in [6, 6.07) is 12.6. The summed E-state index contributed by atoms with van der Waals surface area (Å²) in [5, 5.41) is 12.5. The maximum absolute atomic E-state index is 13.7. The van der Waals surface area contributed by atoms with Gasteiger partial charge >= 0.3 is 0 Å². The van der Waals surface area contributed by atoms with Gasteiger partial charge in [-0.2, -0.15) is 5.26 Å². The molecule has 0 bridgehead atoms. The first-order chi connectivity index (χ1) is 11.6. The maximum atomic E-state index is 13.7. The lowest BCUT2D eigenvalue weighted by atomic mass is 9.74. The molecular formula is C19H20FN3O. The summed E-state index contributed by atoms with van der Waals surface area (Å²) < 4.78 is 19.2. The summed E-state index contributed by atoms with van der Waals surface area (Å²) in [5.41, 5.74) is 2.06. The molecule has 0 amide bonds. The van der Waals surface area contributed by atoms with Gasteiger partial charge in [-0.15, -0.1) is 0 Å². The van der Waals surface area contributed by atoms with E-state index in [0.29, 0.717) is 31.3 Å². The number of hydrogen-bond acceptors (Lipinski definition) is 4. The van der Waals surface area contributed by atoms with Crippen molar-refractivity contribution in [2.24, 2.45) is 0 Å². The Balaban J connectivity index is 1.84. The van der Waals surface area contributed by atoms with E-state index in [1.165, 1.54) is 6.07 Å². The largest absolute Gasteiger partial charge is 0.381 e. The van der Waals surface area contributed by atoms with Crippen LogP contribution in [0.25, 0.3) is 0 Å². The van der Waals surface area contributed by atoms with E-state index < -0.39 is 0 Å². The van der Waals surface area contributed by atoms with Gasteiger partial charge in [-0.25, -0.2) is 9.37 Å². The SMILES string of the molecule is Cc1ccc(NCC2(c3cccc(F)c3)CCOCC2)nc1C#N. The van der Waals surface area contributed by atoms with Crippen LogP contribution >= 0.6 is 0 Å². The van der Waals surface area contributed by atoms with Crippen molar-refractivity contribution in [2.75, 3.05) is 25.1 Å². The fourth-order valence-electron chi connectivity index (χ4n) is 3.15. The molecule has 2 aromatic rings. The number of rotatable bonds is 4. The second-order valence-electron chi connectivity index (χ2n) is 6.23. The first-order valence-corrected chi connectivity index (χ1v) is 8.08. The summed E-state index contributed by atoms with van der Waals surface area (Å²) in [4.78, 5) is 4.34. The van der Waals surface area contributed by atoms with Crippen molar-refractivity contribution in [3.05, 3.63) is 59.0 Å². The molecule has 0 spiro atoms. The summed E-state index contributed by atoms with van der Waals surface area (Å²) in [5.74, 6) is 0.443. The van der Waals surface area contributed by atoms with Crippen LogP contribution in [0.5, 0.6) is 0 Å². The van der Waals surface area contributed by atoms with E-state index in [4.69, 9.17) is 10.00 Å². The van der Waals surface area contributed by atoms with E-state index in [9.17, 15) is 4.39 Å². The van der Waals surface area contributed by atoms with Gasteiger partial charge in [0.05, 0.1) is 0 Å². The number of nitriles is 1. The third kappa shape index (κ3) is 3.39. The first kappa shape index (κ1) is 16.4. The number of pyridine rings is 1. The lowest BCUT2D eigenvalue weighted by Crippen LogP contribution is -2.40. The Morgan fingerprint density at radius 1 is 1.29 bits per heavy atom. The molecule has 4 nitrogen and oxygen atoms in total. The predicted molar refractivity (Wildman–Crippen MR) is 90.3 cm³/mol. The minimum Gasteiger partial charge on any atom is -0.381 e. The number of benzene rings is 1. The fourth-order valence-corrected chi connectivity index (χ4v) is 3.15. The summed E-state index contributed by atoms with van der Waals surface area (Å²) in [6.45, 7) is 3.80. The molecular weight excluding hydrogens is 305 g/mol. The van der Waals surface area contributed by atoms with Crippen molar-refractivity contribution in [1.82, 2.24) is 4.98 Å². The fraction of sp³-hybridized carbons (Fsp3) is 0.368. The number of anilines is 1. The second kappa shape index (κ2) is 6.98. The number of nitrogens with zero attached hydrogens (tertiary/aromatic N) is 2. The van der Waals surface area contributed by atoms with Gasteiger partial charge in [0.1, 0.15) is 23.4 Å². The molecule has 0 radical (unpaired) electrons. The minimum atomic E-state index is -0.224. The van der Waals surface area contributed by atoms with Crippen LogP contribution in [0.2, 0.25) is 0 Å². The third-order valence-electron chi connectivity index (χ3n) is 4.70. The Labute approximate surface area is 141 Å². The molecule has 1 fully saturated rings. The molecule has 2 heterocycles. The second-order valence-corrected chi connectivity index (χ2v) is 6.23. The Hall–Kier alpha value is -2.45. The van der Waals surface area contributed by atoms with Crippen LogP contribution in [-0.2, 0) is 10.2 Å². The topological polar surface area (TPSA) is 57.9 Å². The van der Waals surface area contributed by atoms with Gasteiger partial charge in [0, 0.05) is 25.2 Å². The van der Waals surface area contributed by atoms with Crippen LogP contribution < -0.4 is 5.32 Å². The summed E-state index contributed by atoms with van der Waals surface area (Å²) in [6.07, 6.45) is 1.64. The van der Waals surface area contributed by atoms with Crippen molar-refractivity contribution >= 4 is 5.82 Å². The third-order valence-corrected chi connectivity index (χ3v) is 4.70. The van der Waals surface area contributed by atoms with Gasteiger partial charge < -0.3 is 10.1 Å². The lowest BCUT2D eigenvalue weighted by molar-refractivity contribution is 0.0542. The zero-order chi connectivity index (χ0) is 17.0. The van der Waals surface area contributed by atoms with E-state index in [1.54, 1.807) is 12.1 Å². The molecule has 1 N–H and O–H groups in total. The van der Waals surface area contributed by atoms with Gasteiger partial charge in [-0.1, -0.05) is 18.2 Å². The van der Waals surface area contributed by atoms with Crippen molar-refractivity contribution in [1.29, 1.82) is 5.26 Å². The molecule has 1 aromatic carbocycles. The van der Waals surface area contributed by atoms with Gasteiger partial charge in [0.2, 0.25) is 0 Å². The zero-order valence-electron chi connectivity index (χ0n) is 13.7. The molecule has 0 unspecified atom stereocenters. The Kier molecular flexibility index (Phi) is 4.77. The van der Waals surface area contributed by atoms with E-state index in [2.05, 4.69) is 16.4 Å². The van der Waals surface area contributed by atoms with Gasteiger partial charge in [-0.3, -0.25) is 0 Å². The molecule has 1 aliphatic rings. The molecule has 1 saturated heterocycles. The molecule has 0 saturated carbocycles. The highest BCUT2D eigenvalue weighted by molar-refractivity contribution is 5.43. The lowest BCUT2D eigenvalue weighted by Gasteiger charge is -2.38. The van der Waals surface area contributed by atoms with E-state index in [-0.39, 0.29) is 11.2 Å². The normalized spacial score (nSPS) is 16.4. The number of nitrogens with one attached hydrogen (secondary N) is 1. The smallest absolute Gasteiger partial charge is 0.145 e. The number of aromatic nitrogens is 1. The highest BCUT2D eigenvalue weighted by atomic mass is 19.1. The molecule has 24 heavy (non-hydrogen) atoms. The minimum absolute atomic E-state index is 0.195. The van der Waals surface area contributed by atoms with E-state index >= 15 is 0 Å². The molecule has 124 valence electrons. The van der Waals surface area contributed by atoms with E-state index in [1.807, 2.05) is 25.1 Å². The summed E-state index contributed by atoms with van der Waals surface area (Å²) >= 11 is 0. The van der Waals surface area contributed by atoms with Crippen LogP contribution in [0.4, 0.5) is 10.2 Å². The van der Waals surface area contributed by atoms with Crippen molar-refractivity contribution in [3.63, 3.8) is 0 Å². The predicted octanol–water partition coefficient (Wildman–Crippen LogP) is 3.56. The van der Waals surface area contributed by atoms with Crippen molar-refractivity contribution in [3.8, 4) is 6.07 Å². The molecule has 1 aliphatic heterocycles. The molecule has 5 heteroatoms. The standard InChI is InChI=1S/C19H20FN3O/c1-14-5-6-18(23-17(14)12-21)22-13-19(7-9-24-10-8-19)15-3-2-4-16(20)11-15/h2-6,11H,7-10,13H2,1H3,(H,22,23). The molecule has 0 atom stereocenters. The van der Waals surface area contributed by atoms with Gasteiger partial charge in [0.15, 0.2) is 0 Å². The average molecular weight is 325 g/mol. The van der Waals surface area contributed by atoms with Crippen molar-refractivity contribution in [2.45, 2.75) is 25.2 Å². The number of aryl methyl sites for hydroxylation is 1. The average Bonchev–Trinajstić information content (AvgIpc) is 2.62.